The van der Waals surface area contributed by atoms with Crippen LogP contribution in [0.3, 0.4) is 0 Å². The molecule has 0 unspecified atom stereocenters. The van der Waals surface area contributed by atoms with E-state index in [-0.39, 0.29) is 5.97 Å². The molecule has 0 aliphatic carbocycles. The first-order valence-electron chi connectivity index (χ1n) is 7.28. The zero-order valence-corrected chi connectivity index (χ0v) is 12.6. The third kappa shape index (κ3) is 6.80. The lowest BCUT2D eigenvalue weighted by Crippen LogP contribution is -2.51. The molecule has 0 radical (unpaired) electrons. The highest BCUT2D eigenvalue weighted by Gasteiger charge is 2.23. The van der Waals surface area contributed by atoms with Gasteiger partial charge in [0.05, 0.1) is 19.6 Å². The number of rotatable bonds is 10. The molecule has 0 N–H and O–H groups in total. The molecule has 0 aromatic rings. The third-order valence-electron chi connectivity index (χ3n) is 3.47. The maximum Gasteiger partial charge on any atom is 0.330 e. The van der Waals surface area contributed by atoms with Crippen LogP contribution in [0.2, 0.25) is 0 Å². The summed E-state index contributed by atoms with van der Waals surface area (Å²) in [5.41, 5.74) is 0. The van der Waals surface area contributed by atoms with Crippen LogP contribution in [-0.4, -0.2) is 43.2 Å². The van der Waals surface area contributed by atoms with Crippen LogP contribution in [0.5, 0.6) is 0 Å². The summed E-state index contributed by atoms with van der Waals surface area (Å²) < 4.78 is 6.30. The molecule has 0 fully saturated rings. The van der Waals surface area contributed by atoms with Gasteiger partial charge in [-0.3, -0.25) is 0 Å². The number of nitrogens with zero attached hydrogens (tertiary/aromatic N) is 1. The largest absolute Gasteiger partial charge is 0.457 e. The Morgan fingerprint density at radius 3 is 2.33 bits per heavy atom. The number of allylic oxidation sites excluding steroid dienone is 1. The number of ether oxygens (including phenoxy) is 1. The molecule has 0 heterocycles. The minimum absolute atomic E-state index is 0.223. The Balaban J connectivity index is 4.25. The predicted molar refractivity (Wildman–Crippen MR) is 76.4 cm³/mol. The number of hydrogen-bond donors (Lipinski definition) is 0. The second kappa shape index (κ2) is 10.1. The van der Waals surface area contributed by atoms with Crippen molar-refractivity contribution in [2.75, 3.05) is 32.8 Å². The van der Waals surface area contributed by atoms with E-state index in [9.17, 15) is 4.79 Å². The van der Waals surface area contributed by atoms with Crippen molar-refractivity contribution in [3.05, 3.63) is 12.2 Å². The number of likely N-dealkylation sites (N-methyl/N-ethyl adjacent to an activating group) is 1. The summed E-state index contributed by atoms with van der Waals surface area (Å²) in [6.07, 6.45) is 6.85. The molecule has 3 heteroatoms. The Bertz CT molecular complexity index is 251. The molecular weight excluding hydrogens is 226 g/mol. The Kier molecular flexibility index (Phi) is 9.66. The van der Waals surface area contributed by atoms with Crippen molar-refractivity contribution in [1.82, 2.24) is 0 Å². The van der Waals surface area contributed by atoms with Gasteiger partial charge in [0.15, 0.2) is 0 Å². The van der Waals surface area contributed by atoms with Crippen molar-refractivity contribution in [3.63, 3.8) is 0 Å². The topological polar surface area (TPSA) is 26.3 Å². The second-order valence-electron chi connectivity index (χ2n) is 4.85. The minimum Gasteiger partial charge on any atom is -0.457 e. The average molecular weight is 256 g/mol. The van der Waals surface area contributed by atoms with Gasteiger partial charge in [-0.05, 0) is 26.7 Å². The fraction of sp³-hybridized carbons (Fsp3) is 0.800. The van der Waals surface area contributed by atoms with Gasteiger partial charge in [-0.25, -0.2) is 4.79 Å². The zero-order valence-electron chi connectivity index (χ0n) is 12.6. The lowest BCUT2D eigenvalue weighted by atomic mass is 10.2. The zero-order chi connectivity index (χ0) is 13.9. The number of unbranched alkanes of at least 4 members (excludes halogenated alkanes) is 1. The number of hydrogen-bond acceptors (Lipinski definition) is 2. The normalized spacial score (nSPS) is 14.7. The highest BCUT2D eigenvalue weighted by molar-refractivity contribution is 5.81. The summed E-state index contributed by atoms with van der Waals surface area (Å²) in [6.45, 7) is 13.5. The molecule has 0 bridgehead atoms. The van der Waals surface area contributed by atoms with E-state index in [2.05, 4.69) is 20.8 Å². The van der Waals surface area contributed by atoms with Crippen molar-refractivity contribution < 1.29 is 14.0 Å². The van der Waals surface area contributed by atoms with Gasteiger partial charge in [0, 0.05) is 6.08 Å². The number of carbonyl (C=O) groups excluding carboxylic acids is 1. The van der Waals surface area contributed by atoms with Crippen LogP contribution < -0.4 is 0 Å². The first kappa shape index (κ1) is 17.2. The SMILES string of the molecule is C/C=C/C(=O)OCC[N@@+](CC)(CCC)CCCC. The van der Waals surface area contributed by atoms with Crippen molar-refractivity contribution in [2.24, 2.45) is 0 Å². The Hall–Kier alpha value is -0.830. The van der Waals surface area contributed by atoms with Gasteiger partial charge in [-0.2, -0.15) is 0 Å². The van der Waals surface area contributed by atoms with Crippen molar-refractivity contribution in [3.8, 4) is 0 Å². The molecule has 0 spiro atoms. The van der Waals surface area contributed by atoms with Crippen LogP contribution in [0.4, 0.5) is 0 Å². The maximum atomic E-state index is 11.3. The molecule has 0 aliphatic heterocycles. The average Bonchev–Trinajstić information content (AvgIpc) is 2.36. The molecule has 1 atom stereocenters. The van der Waals surface area contributed by atoms with Gasteiger partial charge in [0.1, 0.15) is 13.2 Å². The Labute approximate surface area is 112 Å². The van der Waals surface area contributed by atoms with E-state index in [1.165, 1.54) is 38.4 Å². The van der Waals surface area contributed by atoms with Crippen LogP contribution in [-0.2, 0) is 9.53 Å². The van der Waals surface area contributed by atoms with E-state index in [4.69, 9.17) is 4.74 Å². The lowest BCUT2D eigenvalue weighted by molar-refractivity contribution is -0.926. The first-order valence-corrected chi connectivity index (χ1v) is 7.28. The van der Waals surface area contributed by atoms with E-state index in [0.29, 0.717) is 6.61 Å². The van der Waals surface area contributed by atoms with Crippen molar-refractivity contribution in [2.45, 2.75) is 47.0 Å². The number of esters is 1. The van der Waals surface area contributed by atoms with Gasteiger partial charge in [0.2, 0.25) is 0 Å². The standard InChI is InChI=1S/C15H30NO2/c1-5-9-12-16(8-4,11-7-3)13-14-18-15(17)10-6-2/h6,10H,5,7-9,11-14H2,1-4H3/q+1/b10-6+/t16-/m0/s1. The monoisotopic (exact) mass is 256 g/mol. The summed E-state index contributed by atoms with van der Waals surface area (Å²) in [4.78, 5) is 11.3. The maximum absolute atomic E-state index is 11.3. The highest BCUT2D eigenvalue weighted by atomic mass is 16.5. The minimum atomic E-state index is -0.223. The lowest BCUT2D eigenvalue weighted by Gasteiger charge is -2.37. The molecular formula is C15H30NO2+. The molecule has 0 amide bonds. The Morgan fingerprint density at radius 2 is 1.83 bits per heavy atom. The quantitative estimate of drug-likeness (QED) is 0.341. The van der Waals surface area contributed by atoms with E-state index >= 15 is 0 Å². The summed E-state index contributed by atoms with van der Waals surface area (Å²) >= 11 is 0. The summed E-state index contributed by atoms with van der Waals surface area (Å²) in [5.74, 6) is -0.223. The molecule has 0 saturated carbocycles. The van der Waals surface area contributed by atoms with Gasteiger partial charge in [0.25, 0.3) is 0 Å². The van der Waals surface area contributed by atoms with Gasteiger partial charge in [-0.1, -0.05) is 26.3 Å². The Morgan fingerprint density at radius 1 is 1.11 bits per heavy atom. The van der Waals surface area contributed by atoms with Gasteiger partial charge >= 0.3 is 5.97 Å². The van der Waals surface area contributed by atoms with E-state index < -0.39 is 0 Å². The van der Waals surface area contributed by atoms with E-state index in [1.54, 1.807) is 6.08 Å². The third-order valence-corrected chi connectivity index (χ3v) is 3.47. The van der Waals surface area contributed by atoms with Crippen molar-refractivity contribution >= 4 is 5.97 Å². The van der Waals surface area contributed by atoms with E-state index in [1.807, 2.05) is 6.92 Å². The van der Waals surface area contributed by atoms with Crippen LogP contribution in [0.1, 0.15) is 47.0 Å². The van der Waals surface area contributed by atoms with Gasteiger partial charge in [-0.15, -0.1) is 0 Å². The molecule has 106 valence electrons. The van der Waals surface area contributed by atoms with Crippen LogP contribution in [0.25, 0.3) is 0 Å². The molecule has 0 aromatic heterocycles. The molecule has 0 saturated heterocycles. The number of quaternary nitrogens is 1. The van der Waals surface area contributed by atoms with Crippen LogP contribution in [0.15, 0.2) is 12.2 Å². The first-order chi connectivity index (χ1) is 8.64. The highest BCUT2D eigenvalue weighted by Crippen LogP contribution is 2.11. The van der Waals surface area contributed by atoms with Crippen LogP contribution in [0, 0.1) is 0 Å². The smallest absolute Gasteiger partial charge is 0.330 e. The fourth-order valence-corrected chi connectivity index (χ4v) is 2.30. The fourth-order valence-electron chi connectivity index (χ4n) is 2.30. The van der Waals surface area contributed by atoms with E-state index in [0.717, 1.165) is 17.6 Å². The molecule has 0 aromatic carbocycles. The summed E-state index contributed by atoms with van der Waals surface area (Å²) in [6, 6.07) is 0. The van der Waals surface area contributed by atoms with Crippen molar-refractivity contribution in [1.29, 1.82) is 0 Å². The second-order valence-corrected chi connectivity index (χ2v) is 4.85. The molecule has 0 rings (SSSR count). The van der Waals surface area contributed by atoms with Crippen LogP contribution >= 0.6 is 0 Å². The molecule has 3 nitrogen and oxygen atoms in total. The molecule has 0 aliphatic rings. The van der Waals surface area contributed by atoms with Gasteiger partial charge < -0.3 is 9.22 Å². The summed E-state index contributed by atoms with van der Waals surface area (Å²) in [7, 11) is 0. The number of carbonyl (C=O) groups is 1. The summed E-state index contributed by atoms with van der Waals surface area (Å²) in [5, 5.41) is 0. The predicted octanol–water partition coefficient (Wildman–Crippen LogP) is 3.15. The molecule has 18 heavy (non-hydrogen) atoms.